The third-order valence-electron chi connectivity index (χ3n) is 3.99. The number of hydrogen-bond acceptors (Lipinski definition) is 4. The van der Waals surface area contributed by atoms with Crippen molar-refractivity contribution in [1.82, 2.24) is 15.1 Å². The number of carbonyl (C=O) groups is 2. The van der Waals surface area contributed by atoms with Crippen molar-refractivity contribution in [3.05, 3.63) is 34.9 Å². The van der Waals surface area contributed by atoms with Crippen LogP contribution in [-0.4, -0.2) is 61.1 Å². The molecule has 0 bridgehead atoms. The summed E-state index contributed by atoms with van der Waals surface area (Å²) in [5.74, 6) is -0.0351. The Morgan fingerprint density at radius 3 is 2.62 bits per heavy atom. The highest BCUT2D eigenvalue weighted by molar-refractivity contribution is 6.30. The molecule has 1 aromatic carbocycles. The van der Waals surface area contributed by atoms with E-state index in [1.165, 1.54) is 0 Å². The minimum Gasteiger partial charge on any atom is -0.450 e. The van der Waals surface area contributed by atoms with Crippen molar-refractivity contribution in [2.75, 3.05) is 39.3 Å². The Morgan fingerprint density at radius 2 is 2.00 bits per heavy atom. The van der Waals surface area contributed by atoms with Gasteiger partial charge in [0.25, 0.3) is 0 Å². The van der Waals surface area contributed by atoms with Crippen molar-refractivity contribution in [2.24, 2.45) is 0 Å². The molecular formula is C17H24ClN3O3. The Morgan fingerprint density at radius 1 is 1.29 bits per heavy atom. The Kier molecular flexibility index (Phi) is 6.87. The fraction of sp³-hybridized carbons (Fsp3) is 0.529. The van der Waals surface area contributed by atoms with Crippen molar-refractivity contribution in [1.29, 1.82) is 0 Å². The van der Waals surface area contributed by atoms with Gasteiger partial charge in [0, 0.05) is 31.2 Å². The topological polar surface area (TPSA) is 61.9 Å². The van der Waals surface area contributed by atoms with Gasteiger partial charge in [0.05, 0.1) is 19.2 Å². The first-order valence-corrected chi connectivity index (χ1v) is 8.56. The second-order valence-corrected chi connectivity index (χ2v) is 6.24. The molecule has 6 nitrogen and oxygen atoms in total. The molecule has 1 saturated heterocycles. The number of nitrogens with one attached hydrogen (secondary N) is 1. The van der Waals surface area contributed by atoms with Crippen LogP contribution in [0.1, 0.15) is 25.5 Å². The normalized spacial score (nSPS) is 16.5. The molecule has 0 saturated carbocycles. The molecule has 132 valence electrons. The van der Waals surface area contributed by atoms with Gasteiger partial charge in [-0.15, -0.1) is 0 Å². The predicted molar refractivity (Wildman–Crippen MR) is 93.0 cm³/mol. The summed E-state index contributed by atoms with van der Waals surface area (Å²) in [4.78, 5) is 27.6. The molecule has 7 heteroatoms. The molecule has 0 aliphatic carbocycles. The first kappa shape index (κ1) is 18.5. The number of carbonyl (C=O) groups excluding carboxylic acids is 2. The lowest BCUT2D eigenvalue weighted by Crippen LogP contribution is -2.51. The average molecular weight is 354 g/mol. The third-order valence-corrected chi connectivity index (χ3v) is 4.23. The van der Waals surface area contributed by atoms with Crippen LogP contribution in [0.5, 0.6) is 0 Å². The number of ether oxygens (including phenoxy) is 1. The lowest BCUT2D eigenvalue weighted by atomic mass is 10.1. The van der Waals surface area contributed by atoms with Crippen molar-refractivity contribution >= 4 is 23.6 Å². The molecule has 1 fully saturated rings. The van der Waals surface area contributed by atoms with Gasteiger partial charge in [0.2, 0.25) is 5.91 Å². The monoisotopic (exact) mass is 353 g/mol. The Hall–Kier alpha value is -1.79. The molecule has 1 aromatic rings. The highest BCUT2D eigenvalue weighted by Gasteiger charge is 2.23. The quantitative estimate of drug-likeness (QED) is 0.882. The van der Waals surface area contributed by atoms with Crippen LogP contribution in [0.2, 0.25) is 5.02 Å². The molecule has 24 heavy (non-hydrogen) atoms. The molecule has 1 N–H and O–H groups in total. The summed E-state index contributed by atoms with van der Waals surface area (Å²) < 4.78 is 4.99. The predicted octanol–water partition coefficient (Wildman–Crippen LogP) is 2.29. The second kappa shape index (κ2) is 8.89. The molecule has 1 aliphatic heterocycles. The molecule has 1 aliphatic rings. The molecule has 1 heterocycles. The van der Waals surface area contributed by atoms with E-state index in [1.807, 2.05) is 36.1 Å². The van der Waals surface area contributed by atoms with Gasteiger partial charge in [0.15, 0.2) is 0 Å². The van der Waals surface area contributed by atoms with Gasteiger partial charge >= 0.3 is 6.09 Å². The number of nitrogens with zero attached hydrogens (tertiary/aromatic N) is 2. The van der Waals surface area contributed by atoms with Gasteiger partial charge in [-0.25, -0.2) is 4.79 Å². The average Bonchev–Trinajstić information content (AvgIpc) is 2.55. The lowest BCUT2D eigenvalue weighted by molar-refractivity contribution is -0.123. The maximum atomic E-state index is 12.2. The number of piperazine rings is 1. The van der Waals surface area contributed by atoms with Gasteiger partial charge < -0.3 is 15.0 Å². The summed E-state index contributed by atoms with van der Waals surface area (Å²) in [6, 6.07) is 7.37. The standard InChI is InChI=1S/C17H24ClN3O3/c1-3-24-17(23)21-9-7-20(8-10-21)12-16(22)19-13(2)14-5-4-6-15(18)11-14/h4-6,11,13H,3,7-10,12H2,1-2H3,(H,19,22)/t13-/m1/s1. The number of amides is 2. The van der Waals surface area contributed by atoms with Crippen LogP contribution in [-0.2, 0) is 9.53 Å². The first-order valence-electron chi connectivity index (χ1n) is 8.18. The number of hydrogen-bond donors (Lipinski definition) is 1. The van der Waals surface area contributed by atoms with Crippen molar-refractivity contribution in [2.45, 2.75) is 19.9 Å². The Labute approximate surface area is 147 Å². The van der Waals surface area contributed by atoms with E-state index in [2.05, 4.69) is 5.32 Å². The van der Waals surface area contributed by atoms with Crippen LogP contribution < -0.4 is 5.32 Å². The second-order valence-electron chi connectivity index (χ2n) is 5.81. The van der Waals surface area contributed by atoms with E-state index in [0.717, 1.165) is 5.56 Å². The van der Waals surface area contributed by atoms with E-state index in [0.29, 0.717) is 44.4 Å². The molecule has 1 atom stereocenters. The number of halogens is 1. The van der Waals surface area contributed by atoms with Crippen LogP contribution >= 0.6 is 11.6 Å². The van der Waals surface area contributed by atoms with Gasteiger partial charge in [-0.3, -0.25) is 9.69 Å². The smallest absolute Gasteiger partial charge is 0.409 e. The number of rotatable bonds is 5. The van der Waals surface area contributed by atoms with Crippen LogP contribution in [0.25, 0.3) is 0 Å². The van der Waals surface area contributed by atoms with Crippen molar-refractivity contribution in [3.63, 3.8) is 0 Å². The van der Waals surface area contributed by atoms with E-state index in [1.54, 1.807) is 11.8 Å². The first-order chi connectivity index (χ1) is 11.5. The summed E-state index contributed by atoms with van der Waals surface area (Å²) in [7, 11) is 0. The minimum atomic E-state index is -0.281. The highest BCUT2D eigenvalue weighted by atomic mass is 35.5. The van der Waals surface area contributed by atoms with Gasteiger partial charge in [-0.1, -0.05) is 23.7 Å². The SMILES string of the molecule is CCOC(=O)N1CCN(CC(=O)N[C@H](C)c2cccc(Cl)c2)CC1. The van der Waals surface area contributed by atoms with Gasteiger partial charge in [-0.2, -0.15) is 0 Å². The molecule has 2 rings (SSSR count). The molecule has 2 amide bonds. The van der Waals surface area contributed by atoms with Crippen LogP contribution in [0.3, 0.4) is 0 Å². The summed E-state index contributed by atoms with van der Waals surface area (Å²) in [5, 5.41) is 3.64. The zero-order valence-electron chi connectivity index (χ0n) is 14.1. The minimum absolute atomic E-state index is 0.0351. The summed E-state index contributed by atoms with van der Waals surface area (Å²) >= 11 is 5.98. The zero-order valence-corrected chi connectivity index (χ0v) is 14.9. The Balaban J connectivity index is 1.76. The fourth-order valence-corrected chi connectivity index (χ4v) is 2.85. The molecule has 0 aromatic heterocycles. The largest absolute Gasteiger partial charge is 0.450 e. The van der Waals surface area contributed by atoms with Gasteiger partial charge in [0.1, 0.15) is 0 Å². The van der Waals surface area contributed by atoms with E-state index in [4.69, 9.17) is 16.3 Å². The molecule has 0 spiro atoms. The molecular weight excluding hydrogens is 330 g/mol. The van der Waals surface area contributed by atoms with E-state index in [9.17, 15) is 9.59 Å². The Bertz CT molecular complexity index is 574. The summed E-state index contributed by atoms with van der Waals surface area (Å²) in [5.41, 5.74) is 0.975. The van der Waals surface area contributed by atoms with E-state index in [-0.39, 0.29) is 18.0 Å². The summed E-state index contributed by atoms with van der Waals surface area (Å²) in [6.07, 6.45) is -0.281. The van der Waals surface area contributed by atoms with Crippen LogP contribution in [0.15, 0.2) is 24.3 Å². The zero-order chi connectivity index (χ0) is 17.5. The molecule has 0 unspecified atom stereocenters. The maximum absolute atomic E-state index is 12.2. The summed E-state index contributed by atoms with van der Waals surface area (Å²) in [6.45, 7) is 6.91. The van der Waals surface area contributed by atoms with Gasteiger partial charge in [-0.05, 0) is 31.5 Å². The fourth-order valence-electron chi connectivity index (χ4n) is 2.65. The van der Waals surface area contributed by atoms with E-state index < -0.39 is 0 Å². The maximum Gasteiger partial charge on any atom is 0.409 e. The number of benzene rings is 1. The van der Waals surface area contributed by atoms with Crippen LogP contribution in [0.4, 0.5) is 4.79 Å². The van der Waals surface area contributed by atoms with Crippen molar-refractivity contribution < 1.29 is 14.3 Å². The third kappa shape index (κ3) is 5.39. The van der Waals surface area contributed by atoms with Crippen molar-refractivity contribution in [3.8, 4) is 0 Å². The van der Waals surface area contributed by atoms with Crippen LogP contribution in [0, 0.1) is 0 Å². The molecule has 0 radical (unpaired) electrons. The lowest BCUT2D eigenvalue weighted by Gasteiger charge is -2.33. The highest BCUT2D eigenvalue weighted by Crippen LogP contribution is 2.17. The van der Waals surface area contributed by atoms with E-state index >= 15 is 0 Å².